The number of hydrogen-bond donors (Lipinski definition) is 0. The van der Waals surface area contributed by atoms with E-state index in [0.29, 0.717) is 24.4 Å². The maximum Gasteiger partial charge on any atom is 0.218 e. The number of ether oxygens (including phenoxy) is 2. The summed E-state index contributed by atoms with van der Waals surface area (Å²) in [6.45, 7) is 0.620. The molecule has 0 aromatic carbocycles. The van der Waals surface area contributed by atoms with E-state index in [2.05, 4.69) is 12.2 Å². The lowest BCUT2D eigenvalue weighted by molar-refractivity contribution is -0.166. The normalized spacial score (nSPS) is 58.1. The molecule has 0 radical (unpaired) electrons. The molecular formula is C11H12O3. The van der Waals surface area contributed by atoms with Crippen molar-refractivity contribution in [1.82, 2.24) is 0 Å². The van der Waals surface area contributed by atoms with Gasteiger partial charge in [0.25, 0.3) is 0 Å². The van der Waals surface area contributed by atoms with E-state index in [1.54, 1.807) is 0 Å². The molecule has 6 atom stereocenters. The van der Waals surface area contributed by atoms with Gasteiger partial charge in [0, 0.05) is 11.8 Å². The van der Waals surface area contributed by atoms with Crippen LogP contribution in [0, 0.1) is 23.7 Å². The van der Waals surface area contributed by atoms with Gasteiger partial charge >= 0.3 is 0 Å². The molecule has 0 aromatic rings. The summed E-state index contributed by atoms with van der Waals surface area (Å²) < 4.78 is 10.9. The van der Waals surface area contributed by atoms with Gasteiger partial charge in [-0.2, -0.15) is 0 Å². The van der Waals surface area contributed by atoms with E-state index < -0.39 is 6.29 Å². The van der Waals surface area contributed by atoms with Gasteiger partial charge in [-0.05, 0) is 18.3 Å². The molecule has 3 fully saturated rings. The Kier molecular flexibility index (Phi) is 1.24. The zero-order chi connectivity index (χ0) is 9.28. The van der Waals surface area contributed by atoms with E-state index >= 15 is 0 Å². The average molecular weight is 192 g/mol. The van der Waals surface area contributed by atoms with E-state index in [-0.39, 0.29) is 17.8 Å². The van der Waals surface area contributed by atoms with Crippen LogP contribution in [0.15, 0.2) is 12.2 Å². The van der Waals surface area contributed by atoms with Gasteiger partial charge in [0.2, 0.25) is 6.29 Å². The lowest BCUT2D eigenvalue weighted by atomic mass is 9.76. The molecule has 4 aliphatic rings. The molecule has 4 bridgehead atoms. The number of carbonyl (C=O) groups is 1. The van der Waals surface area contributed by atoms with Gasteiger partial charge in [-0.15, -0.1) is 0 Å². The minimum absolute atomic E-state index is 0.183. The van der Waals surface area contributed by atoms with Crippen LogP contribution in [-0.2, 0) is 14.3 Å². The number of ketones is 1. The van der Waals surface area contributed by atoms with Gasteiger partial charge in [0.1, 0.15) is 0 Å². The van der Waals surface area contributed by atoms with E-state index in [9.17, 15) is 4.79 Å². The molecule has 0 aromatic heterocycles. The van der Waals surface area contributed by atoms with Crippen molar-refractivity contribution in [3.05, 3.63) is 12.2 Å². The molecule has 0 N–H and O–H groups in total. The predicted molar refractivity (Wildman–Crippen MR) is 47.3 cm³/mol. The van der Waals surface area contributed by atoms with Gasteiger partial charge in [-0.1, -0.05) is 12.2 Å². The first-order chi connectivity index (χ1) is 6.84. The highest BCUT2D eigenvalue weighted by atomic mass is 16.7. The number of carbonyl (C=O) groups excluding carboxylic acids is 1. The molecule has 2 aliphatic heterocycles. The van der Waals surface area contributed by atoms with Crippen LogP contribution in [0.4, 0.5) is 0 Å². The lowest BCUT2D eigenvalue weighted by Gasteiger charge is -2.34. The van der Waals surface area contributed by atoms with E-state index in [0.717, 1.165) is 6.42 Å². The monoisotopic (exact) mass is 192 g/mol. The fourth-order valence-electron chi connectivity index (χ4n) is 3.70. The minimum atomic E-state index is -0.533. The molecule has 4 rings (SSSR count). The standard InChI is InChI=1S/C11H12O3/c12-10-9-6-2-1-5(3-6)8(9)7-4-13-11(10)14-7/h1-2,5-9,11H,3-4H2/t5?,6?,7-,8-,9-,11-/m0/s1. The summed E-state index contributed by atoms with van der Waals surface area (Å²) in [4.78, 5) is 12.0. The van der Waals surface area contributed by atoms with Crippen LogP contribution in [-0.4, -0.2) is 24.8 Å². The van der Waals surface area contributed by atoms with Crippen LogP contribution in [0.5, 0.6) is 0 Å². The molecule has 0 spiro atoms. The molecule has 2 saturated heterocycles. The summed E-state index contributed by atoms with van der Waals surface area (Å²) in [5, 5.41) is 0. The van der Waals surface area contributed by atoms with Gasteiger partial charge in [0.05, 0.1) is 12.7 Å². The highest BCUT2D eigenvalue weighted by molar-refractivity contribution is 5.87. The van der Waals surface area contributed by atoms with Crippen LogP contribution in [0.3, 0.4) is 0 Å². The van der Waals surface area contributed by atoms with Crippen molar-refractivity contribution in [3.8, 4) is 0 Å². The Morgan fingerprint density at radius 3 is 3.07 bits per heavy atom. The summed E-state index contributed by atoms with van der Waals surface area (Å²) in [5.74, 6) is 1.86. The largest absolute Gasteiger partial charge is 0.343 e. The summed E-state index contributed by atoms with van der Waals surface area (Å²) >= 11 is 0. The Morgan fingerprint density at radius 1 is 1.29 bits per heavy atom. The highest BCUT2D eigenvalue weighted by Gasteiger charge is 2.59. The first kappa shape index (κ1) is 7.60. The molecule has 2 heterocycles. The van der Waals surface area contributed by atoms with Crippen molar-refractivity contribution in [2.24, 2.45) is 23.7 Å². The Labute approximate surface area is 82.1 Å². The third-order valence-electron chi connectivity index (χ3n) is 4.22. The predicted octanol–water partition coefficient (Wildman–Crippen LogP) is 0.749. The number of hydrogen-bond acceptors (Lipinski definition) is 3. The smallest absolute Gasteiger partial charge is 0.218 e. The van der Waals surface area contributed by atoms with Crippen molar-refractivity contribution in [2.45, 2.75) is 18.8 Å². The fraction of sp³-hybridized carbons (Fsp3) is 0.727. The second kappa shape index (κ2) is 2.28. The molecule has 3 heteroatoms. The van der Waals surface area contributed by atoms with Crippen molar-refractivity contribution >= 4 is 5.78 Å². The topological polar surface area (TPSA) is 35.5 Å². The number of Topliss-reactive ketones (excluding diaryl/α,β-unsaturated/α-hetero) is 1. The van der Waals surface area contributed by atoms with Gasteiger partial charge in [0.15, 0.2) is 5.78 Å². The second-order valence-electron chi connectivity index (χ2n) is 4.79. The van der Waals surface area contributed by atoms with Crippen LogP contribution in [0.25, 0.3) is 0 Å². The maximum atomic E-state index is 12.0. The molecule has 2 unspecified atom stereocenters. The molecule has 3 nitrogen and oxygen atoms in total. The third kappa shape index (κ3) is 0.708. The van der Waals surface area contributed by atoms with Gasteiger partial charge in [-0.3, -0.25) is 4.79 Å². The van der Waals surface area contributed by atoms with Crippen molar-refractivity contribution in [3.63, 3.8) is 0 Å². The number of allylic oxidation sites excluding steroid dienone is 2. The van der Waals surface area contributed by atoms with Crippen LogP contribution < -0.4 is 0 Å². The first-order valence-electron chi connectivity index (χ1n) is 5.34. The maximum absolute atomic E-state index is 12.0. The quantitative estimate of drug-likeness (QED) is 0.531. The summed E-state index contributed by atoms with van der Waals surface area (Å²) in [6.07, 6.45) is 5.29. The molecule has 14 heavy (non-hydrogen) atoms. The lowest BCUT2D eigenvalue weighted by Crippen LogP contribution is -2.45. The molecular weight excluding hydrogens is 180 g/mol. The van der Waals surface area contributed by atoms with Crippen molar-refractivity contribution in [1.29, 1.82) is 0 Å². The van der Waals surface area contributed by atoms with Gasteiger partial charge in [-0.25, -0.2) is 0 Å². The van der Waals surface area contributed by atoms with Crippen LogP contribution >= 0.6 is 0 Å². The third-order valence-corrected chi connectivity index (χ3v) is 4.22. The van der Waals surface area contributed by atoms with Crippen LogP contribution in [0.1, 0.15) is 6.42 Å². The van der Waals surface area contributed by atoms with Crippen LogP contribution in [0.2, 0.25) is 0 Å². The zero-order valence-corrected chi connectivity index (χ0v) is 7.76. The fourth-order valence-corrected chi connectivity index (χ4v) is 3.70. The SMILES string of the molecule is O=C1[C@H]2OC[C@H](O2)[C@@H]2C3C=CC(C3)[C@H]12. The summed E-state index contributed by atoms with van der Waals surface area (Å²) in [7, 11) is 0. The Morgan fingerprint density at radius 2 is 2.14 bits per heavy atom. The number of fused-ring (bicyclic) bond motifs is 8. The summed E-state index contributed by atoms with van der Waals surface area (Å²) in [5.41, 5.74) is 0. The van der Waals surface area contributed by atoms with E-state index in [4.69, 9.17) is 9.47 Å². The molecule has 2 aliphatic carbocycles. The highest BCUT2D eigenvalue weighted by Crippen LogP contribution is 2.54. The molecule has 74 valence electrons. The Hall–Kier alpha value is -0.670. The average Bonchev–Trinajstić information content (AvgIpc) is 2.89. The Bertz CT molecular complexity index is 335. The molecule has 0 amide bonds. The molecule has 1 saturated carbocycles. The summed E-state index contributed by atoms with van der Waals surface area (Å²) in [6, 6.07) is 0. The number of rotatable bonds is 0. The van der Waals surface area contributed by atoms with E-state index in [1.807, 2.05) is 0 Å². The van der Waals surface area contributed by atoms with Crippen molar-refractivity contribution in [2.75, 3.05) is 6.61 Å². The van der Waals surface area contributed by atoms with E-state index in [1.165, 1.54) is 0 Å². The van der Waals surface area contributed by atoms with Gasteiger partial charge < -0.3 is 9.47 Å². The van der Waals surface area contributed by atoms with Crippen molar-refractivity contribution < 1.29 is 14.3 Å². The Balaban J connectivity index is 1.81. The zero-order valence-electron chi connectivity index (χ0n) is 7.76. The second-order valence-corrected chi connectivity index (χ2v) is 4.79. The minimum Gasteiger partial charge on any atom is -0.343 e. The first-order valence-corrected chi connectivity index (χ1v) is 5.34.